The molecule has 0 unspecified atom stereocenters. The van der Waals surface area contributed by atoms with Gasteiger partial charge < -0.3 is 14.4 Å². The number of benzene rings is 1. The van der Waals surface area contributed by atoms with Crippen LogP contribution in [0.1, 0.15) is 0 Å². The molecule has 1 aromatic carbocycles. The molecule has 0 aliphatic carbocycles. The summed E-state index contributed by atoms with van der Waals surface area (Å²) >= 11 is 0. The van der Waals surface area contributed by atoms with Crippen LogP contribution in [0.5, 0.6) is 0 Å². The van der Waals surface area contributed by atoms with Crippen molar-refractivity contribution >= 4 is 17.6 Å². The van der Waals surface area contributed by atoms with Crippen molar-refractivity contribution in [2.75, 3.05) is 19.1 Å². The van der Waals surface area contributed by atoms with Crippen molar-refractivity contribution in [1.29, 1.82) is 0 Å². The van der Waals surface area contributed by atoms with E-state index in [1.165, 1.54) is 59.6 Å². The van der Waals surface area contributed by atoms with E-state index in [4.69, 9.17) is 9.47 Å². The first-order valence-electron chi connectivity index (χ1n) is 7.64. The van der Waals surface area contributed by atoms with Gasteiger partial charge in [-0.2, -0.15) is 0 Å². The molecule has 0 fully saturated rings. The number of ether oxygens (including phenoxy) is 2. The number of aromatic nitrogens is 4. The molecule has 2 heterocycles. The van der Waals surface area contributed by atoms with Crippen LogP contribution in [0.15, 0.2) is 60.2 Å². The lowest BCUT2D eigenvalue weighted by Crippen LogP contribution is -2.27. The highest BCUT2D eigenvalue weighted by Gasteiger charge is 2.29. The molecular weight excluding hydrogens is 357 g/mol. The Kier molecular flexibility index (Phi) is 5.06. The highest BCUT2D eigenvalue weighted by Crippen LogP contribution is 2.30. The van der Waals surface area contributed by atoms with Gasteiger partial charge in [0, 0.05) is 6.20 Å². The Morgan fingerprint density at radius 1 is 1.11 bits per heavy atom. The monoisotopic (exact) mass is 371 g/mol. The fraction of sp³-hybridized carbons (Fsp3) is 0.118. The van der Waals surface area contributed by atoms with Gasteiger partial charge in [0.1, 0.15) is 17.8 Å². The second kappa shape index (κ2) is 7.60. The minimum atomic E-state index is -0.834. The lowest BCUT2D eigenvalue weighted by atomic mass is 10.1. The maximum absolute atomic E-state index is 14.6. The molecule has 0 amide bonds. The number of halogens is 1. The Balaban J connectivity index is 2.20. The number of rotatable bonds is 4. The maximum Gasteiger partial charge on any atom is 0.355 e. The van der Waals surface area contributed by atoms with Crippen LogP contribution in [0.25, 0.3) is 5.69 Å². The molecule has 1 aliphatic rings. The van der Waals surface area contributed by atoms with Crippen LogP contribution in [0, 0.1) is 5.82 Å². The van der Waals surface area contributed by atoms with E-state index in [-0.39, 0.29) is 17.0 Å². The van der Waals surface area contributed by atoms with Gasteiger partial charge in [-0.15, -0.1) is 5.10 Å². The largest absolute Gasteiger partial charge is 0.465 e. The summed E-state index contributed by atoms with van der Waals surface area (Å²) < 4.78 is 25.5. The number of tetrazole rings is 1. The average molecular weight is 371 g/mol. The molecule has 9 nitrogen and oxygen atoms in total. The molecule has 0 N–H and O–H groups in total. The first-order valence-corrected chi connectivity index (χ1v) is 7.64. The summed E-state index contributed by atoms with van der Waals surface area (Å²) in [5.74, 6) is -2.24. The molecule has 2 aromatic rings. The fourth-order valence-corrected chi connectivity index (χ4v) is 2.46. The molecule has 3 rings (SSSR count). The van der Waals surface area contributed by atoms with Crippen LogP contribution in [0.4, 0.5) is 10.1 Å². The normalized spacial score (nSPS) is 13.5. The Labute approximate surface area is 153 Å². The quantitative estimate of drug-likeness (QED) is 0.742. The van der Waals surface area contributed by atoms with Gasteiger partial charge in [0.15, 0.2) is 0 Å². The highest BCUT2D eigenvalue weighted by molar-refractivity contribution is 6.05. The summed E-state index contributed by atoms with van der Waals surface area (Å²) in [6, 6.07) is 4.10. The van der Waals surface area contributed by atoms with Crippen molar-refractivity contribution in [3.63, 3.8) is 0 Å². The molecule has 1 aliphatic heterocycles. The van der Waals surface area contributed by atoms with Crippen molar-refractivity contribution < 1.29 is 23.5 Å². The van der Waals surface area contributed by atoms with E-state index in [1.807, 2.05) is 0 Å². The van der Waals surface area contributed by atoms with Crippen LogP contribution in [-0.4, -0.2) is 46.4 Å². The second-order valence-corrected chi connectivity index (χ2v) is 5.21. The summed E-state index contributed by atoms with van der Waals surface area (Å²) in [4.78, 5) is 25.8. The van der Waals surface area contributed by atoms with Gasteiger partial charge in [-0.1, -0.05) is 6.08 Å². The van der Waals surface area contributed by atoms with Crippen LogP contribution < -0.4 is 4.90 Å². The van der Waals surface area contributed by atoms with E-state index in [0.717, 1.165) is 7.11 Å². The van der Waals surface area contributed by atoms with Crippen molar-refractivity contribution in [2.24, 2.45) is 0 Å². The number of methoxy groups -OCH3 is 2. The van der Waals surface area contributed by atoms with Crippen LogP contribution in [0.2, 0.25) is 0 Å². The van der Waals surface area contributed by atoms with E-state index in [1.54, 1.807) is 6.08 Å². The van der Waals surface area contributed by atoms with Gasteiger partial charge in [0.25, 0.3) is 0 Å². The lowest BCUT2D eigenvalue weighted by molar-refractivity contribution is -0.139. The zero-order chi connectivity index (χ0) is 19.4. The summed E-state index contributed by atoms with van der Waals surface area (Å²) in [7, 11) is 2.34. The van der Waals surface area contributed by atoms with Crippen LogP contribution in [0.3, 0.4) is 0 Å². The molecule has 0 bridgehead atoms. The number of carbonyl (C=O) groups is 2. The Morgan fingerprint density at radius 2 is 1.89 bits per heavy atom. The van der Waals surface area contributed by atoms with Crippen LogP contribution >= 0.6 is 0 Å². The third kappa shape index (κ3) is 3.45. The van der Waals surface area contributed by atoms with Crippen molar-refractivity contribution in [1.82, 2.24) is 20.2 Å². The molecule has 0 atom stereocenters. The first-order chi connectivity index (χ1) is 13.1. The number of anilines is 1. The van der Waals surface area contributed by atoms with Gasteiger partial charge in [-0.25, -0.2) is 18.7 Å². The smallest absolute Gasteiger partial charge is 0.355 e. The number of esters is 2. The minimum absolute atomic E-state index is 0.00949. The minimum Gasteiger partial charge on any atom is -0.465 e. The Bertz CT molecular complexity index is 966. The number of hydrogen-bond donors (Lipinski definition) is 0. The number of allylic oxidation sites excluding steroid dienone is 2. The highest BCUT2D eigenvalue weighted by atomic mass is 19.1. The summed E-state index contributed by atoms with van der Waals surface area (Å²) in [5.41, 5.74) is 0.166. The number of nitrogens with zero attached hydrogens (tertiary/aromatic N) is 5. The number of hydrogen-bond acceptors (Lipinski definition) is 8. The van der Waals surface area contributed by atoms with Crippen molar-refractivity contribution in [3.8, 4) is 5.69 Å². The maximum atomic E-state index is 14.6. The van der Waals surface area contributed by atoms with Gasteiger partial charge in [-0.05, 0) is 40.8 Å². The fourth-order valence-electron chi connectivity index (χ4n) is 2.46. The van der Waals surface area contributed by atoms with Crippen molar-refractivity contribution in [3.05, 3.63) is 66.0 Å². The zero-order valence-electron chi connectivity index (χ0n) is 14.4. The molecule has 0 radical (unpaired) electrons. The van der Waals surface area contributed by atoms with Gasteiger partial charge in [0.05, 0.1) is 31.2 Å². The van der Waals surface area contributed by atoms with Gasteiger partial charge in [-0.3, -0.25) is 0 Å². The molecule has 138 valence electrons. The Hall–Kier alpha value is -3.82. The van der Waals surface area contributed by atoms with E-state index in [9.17, 15) is 14.0 Å². The van der Waals surface area contributed by atoms with E-state index in [2.05, 4.69) is 15.5 Å². The predicted octanol–water partition coefficient (Wildman–Crippen LogP) is 1.29. The van der Waals surface area contributed by atoms with Gasteiger partial charge in [0.2, 0.25) is 0 Å². The average Bonchev–Trinajstić information content (AvgIpc) is 3.13. The Morgan fingerprint density at radius 3 is 2.56 bits per heavy atom. The summed E-state index contributed by atoms with van der Waals surface area (Å²) in [5, 5.41) is 10.8. The first kappa shape index (κ1) is 18.0. The molecule has 1 aromatic heterocycles. The number of carbonyl (C=O) groups excluding carboxylic acids is 2. The topological polar surface area (TPSA) is 99.4 Å². The zero-order valence-corrected chi connectivity index (χ0v) is 14.4. The standard InChI is InChI=1S/C17H14FN5O4/c1-26-16(24)12-5-3-4-8-22(15(12)17(25)27-2)14-9-11(6-7-13(14)18)23-10-19-20-21-23/h3-10H,1-2H3. The summed E-state index contributed by atoms with van der Waals surface area (Å²) in [6.07, 6.45) is 7.23. The molecule has 10 heteroatoms. The summed E-state index contributed by atoms with van der Waals surface area (Å²) in [6.45, 7) is 0. The van der Waals surface area contributed by atoms with Crippen LogP contribution in [-0.2, 0) is 19.1 Å². The van der Waals surface area contributed by atoms with Crippen molar-refractivity contribution in [2.45, 2.75) is 0 Å². The van der Waals surface area contributed by atoms with Gasteiger partial charge >= 0.3 is 11.9 Å². The van der Waals surface area contributed by atoms with E-state index >= 15 is 0 Å². The molecule has 27 heavy (non-hydrogen) atoms. The molecule has 0 saturated heterocycles. The molecule has 0 saturated carbocycles. The van der Waals surface area contributed by atoms with E-state index < -0.39 is 17.8 Å². The SMILES string of the molecule is COC(=O)C1=C(C(=O)OC)N(c2cc(-n3cnnn3)ccc2F)C=CC=C1. The van der Waals surface area contributed by atoms with E-state index in [0.29, 0.717) is 5.69 Å². The lowest BCUT2D eigenvalue weighted by Gasteiger charge is -2.23. The third-order valence-electron chi connectivity index (χ3n) is 3.69. The molecular formula is C17H14FN5O4. The molecule has 0 spiro atoms. The predicted molar refractivity (Wildman–Crippen MR) is 90.9 cm³/mol. The third-order valence-corrected chi connectivity index (χ3v) is 3.69. The second-order valence-electron chi connectivity index (χ2n) is 5.21.